The molecule has 0 unspecified atom stereocenters. The van der Waals surface area contributed by atoms with Gasteiger partial charge < -0.3 is 14.1 Å². The van der Waals surface area contributed by atoms with Crippen LogP contribution in [0.3, 0.4) is 0 Å². The first-order valence-electron chi connectivity index (χ1n) is 8.48. The van der Waals surface area contributed by atoms with Crippen LogP contribution in [0.1, 0.15) is 5.76 Å². The number of ether oxygens (including phenoxy) is 1. The Bertz CT molecular complexity index is 1060. The first-order chi connectivity index (χ1) is 13.4. The third kappa shape index (κ3) is 4.04. The first kappa shape index (κ1) is 18.9. The molecule has 1 amide bonds. The summed E-state index contributed by atoms with van der Waals surface area (Å²) < 4.78 is 33.8. The summed E-state index contributed by atoms with van der Waals surface area (Å²) in [5.74, 6) is 0.777. The van der Waals surface area contributed by atoms with Crippen LogP contribution in [0.4, 0.5) is 0 Å². The summed E-state index contributed by atoms with van der Waals surface area (Å²) >= 11 is 1.32. The number of amidine groups is 1. The molecule has 0 saturated carbocycles. The highest BCUT2D eigenvalue weighted by atomic mass is 32.2. The van der Waals surface area contributed by atoms with Crippen molar-refractivity contribution in [1.29, 1.82) is 0 Å². The number of amides is 1. The van der Waals surface area contributed by atoms with Crippen molar-refractivity contribution in [3.63, 3.8) is 0 Å². The minimum Gasteiger partial charge on any atom is -0.457 e. The van der Waals surface area contributed by atoms with Crippen molar-refractivity contribution >= 4 is 38.9 Å². The van der Waals surface area contributed by atoms with E-state index in [9.17, 15) is 13.2 Å². The van der Waals surface area contributed by atoms with Gasteiger partial charge in [0, 0.05) is 24.7 Å². The zero-order chi connectivity index (χ0) is 19.7. The maximum atomic E-state index is 12.2. The third-order valence-corrected chi connectivity index (χ3v) is 6.23. The summed E-state index contributed by atoms with van der Waals surface area (Å²) in [6, 6.07) is 9.58. The monoisotopic (exact) mass is 419 g/mol. The van der Waals surface area contributed by atoms with Gasteiger partial charge in [0.05, 0.1) is 23.0 Å². The van der Waals surface area contributed by atoms with Crippen LogP contribution < -0.4 is 5.14 Å². The van der Waals surface area contributed by atoms with Crippen LogP contribution in [-0.4, -0.2) is 50.7 Å². The van der Waals surface area contributed by atoms with Gasteiger partial charge in [-0.25, -0.2) is 13.6 Å². The van der Waals surface area contributed by atoms with Gasteiger partial charge in [-0.1, -0.05) is 0 Å². The van der Waals surface area contributed by atoms with Gasteiger partial charge in [0.15, 0.2) is 5.17 Å². The normalized spacial score (nSPS) is 19.3. The number of aliphatic imine (C=N–C) groups is 1. The summed E-state index contributed by atoms with van der Waals surface area (Å²) in [4.78, 5) is 18.9. The molecular formula is C18H17N3O5S2. The Morgan fingerprint density at radius 3 is 2.50 bits per heavy atom. The highest BCUT2D eigenvalue weighted by Crippen LogP contribution is 2.32. The van der Waals surface area contributed by atoms with E-state index >= 15 is 0 Å². The van der Waals surface area contributed by atoms with Crippen molar-refractivity contribution in [3.05, 3.63) is 47.1 Å². The van der Waals surface area contributed by atoms with Gasteiger partial charge in [0.2, 0.25) is 10.0 Å². The molecule has 1 fully saturated rings. The number of hydrogen-bond acceptors (Lipinski definition) is 7. The van der Waals surface area contributed by atoms with Crippen LogP contribution in [0.15, 0.2) is 55.6 Å². The van der Waals surface area contributed by atoms with Gasteiger partial charge in [-0.15, -0.1) is 0 Å². The summed E-state index contributed by atoms with van der Waals surface area (Å²) in [6.45, 7) is 2.68. The molecule has 0 atom stereocenters. The van der Waals surface area contributed by atoms with Crippen molar-refractivity contribution in [2.75, 3.05) is 26.3 Å². The Balaban J connectivity index is 1.50. The predicted octanol–water partition coefficient (Wildman–Crippen LogP) is 1.90. The summed E-state index contributed by atoms with van der Waals surface area (Å²) in [5, 5.41) is 5.79. The molecular weight excluding hydrogens is 402 g/mol. The van der Waals surface area contributed by atoms with Crippen molar-refractivity contribution in [3.8, 4) is 11.3 Å². The Labute approximate surface area is 166 Å². The van der Waals surface area contributed by atoms with Crippen LogP contribution in [-0.2, 0) is 19.6 Å². The van der Waals surface area contributed by atoms with Gasteiger partial charge in [-0.2, -0.15) is 4.99 Å². The minimum absolute atomic E-state index is 0.0332. The van der Waals surface area contributed by atoms with Crippen LogP contribution in [0.25, 0.3) is 17.4 Å². The largest absolute Gasteiger partial charge is 0.457 e. The second-order valence-electron chi connectivity index (χ2n) is 6.18. The maximum Gasteiger partial charge on any atom is 0.286 e. The number of nitrogens with zero attached hydrogens (tertiary/aromatic N) is 2. The zero-order valence-electron chi connectivity index (χ0n) is 14.7. The van der Waals surface area contributed by atoms with E-state index in [1.165, 1.54) is 23.9 Å². The third-order valence-electron chi connectivity index (χ3n) is 4.26. The van der Waals surface area contributed by atoms with Crippen molar-refractivity contribution in [1.82, 2.24) is 4.90 Å². The Morgan fingerprint density at radius 2 is 1.82 bits per heavy atom. The topological polar surface area (TPSA) is 115 Å². The lowest BCUT2D eigenvalue weighted by molar-refractivity contribution is -0.113. The zero-order valence-corrected chi connectivity index (χ0v) is 16.3. The van der Waals surface area contributed by atoms with Crippen LogP contribution >= 0.6 is 11.8 Å². The molecule has 4 rings (SSSR count). The number of sulfonamides is 1. The number of furan rings is 1. The molecule has 1 saturated heterocycles. The van der Waals surface area contributed by atoms with Crippen LogP contribution in [0.5, 0.6) is 0 Å². The smallest absolute Gasteiger partial charge is 0.286 e. The fourth-order valence-corrected chi connectivity index (χ4v) is 4.27. The molecule has 0 aliphatic carbocycles. The second kappa shape index (κ2) is 7.55. The Kier molecular flexibility index (Phi) is 5.11. The van der Waals surface area contributed by atoms with Crippen molar-refractivity contribution in [2.45, 2.75) is 4.90 Å². The molecule has 10 heteroatoms. The molecule has 1 aromatic carbocycles. The van der Waals surface area contributed by atoms with E-state index in [1.54, 1.807) is 30.3 Å². The van der Waals surface area contributed by atoms with E-state index < -0.39 is 10.0 Å². The molecule has 28 heavy (non-hydrogen) atoms. The molecule has 2 N–H and O–H groups in total. The summed E-state index contributed by atoms with van der Waals surface area (Å²) in [6.07, 6.45) is 1.66. The predicted molar refractivity (Wildman–Crippen MR) is 106 cm³/mol. The first-order valence-corrected chi connectivity index (χ1v) is 10.8. The molecule has 146 valence electrons. The molecule has 0 bridgehead atoms. The van der Waals surface area contributed by atoms with E-state index in [0.29, 0.717) is 53.5 Å². The molecule has 0 spiro atoms. The number of carbonyl (C=O) groups is 1. The highest BCUT2D eigenvalue weighted by Gasteiger charge is 2.27. The standard InChI is InChI=1S/C18H17N3O5S2/c19-28(23,24)14-4-1-12(2-5-14)15-6-3-13(26-15)11-16-17(22)20-18(27-16)21-7-9-25-10-8-21/h1-6,11H,7-10H2,(H2,19,23,24)/b16-11+. The van der Waals surface area contributed by atoms with Gasteiger partial charge in [-0.3, -0.25) is 4.79 Å². The Hall–Kier alpha value is -2.40. The van der Waals surface area contributed by atoms with Crippen molar-refractivity contribution < 1.29 is 22.4 Å². The Morgan fingerprint density at radius 1 is 1.11 bits per heavy atom. The lowest BCUT2D eigenvalue weighted by Crippen LogP contribution is -2.38. The number of carbonyl (C=O) groups excluding carboxylic acids is 1. The van der Waals surface area contributed by atoms with E-state index in [4.69, 9.17) is 14.3 Å². The van der Waals surface area contributed by atoms with Gasteiger partial charge in [0.25, 0.3) is 5.91 Å². The van der Waals surface area contributed by atoms with E-state index in [1.807, 2.05) is 4.90 Å². The fraction of sp³-hybridized carbons (Fsp3) is 0.222. The average Bonchev–Trinajstić information content (AvgIpc) is 3.29. The van der Waals surface area contributed by atoms with Crippen LogP contribution in [0, 0.1) is 0 Å². The fourth-order valence-electron chi connectivity index (χ4n) is 2.81. The number of primary sulfonamides is 1. The summed E-state index contributed by atoms with van der Waals surface area (Å²) in [5.41, 5.74) is 0.702. The van der Waals surface area contributed by atoms with E-state index in [2.05, 4.69) is 4.99 Å². The maximum absolute atomic E-state index is 12.2. The average molecular weight is 419 g/mol. The molecule has 0 radical (unpaired) electrons. The van der Waals surface area contributed by atoms with Gasteiger partial charge >= 0.3 is 0 Å². The molecule has 2 aromatic rings. The summed E-state index contributed by atoms with van der Waals surface area (Å²) in [7, 11) is -3.74. The molecule has 3 heterocycles. The molecule has 8 nitrogen and oxygen atoms in total. The number of nitrogens with two attached hydrogens (primary N) is 1. The quantitative estimate of drug-likeness (QED) is 0.756. The number of morpholine rings is 1. The lowest BCUT2D eigenvalue weighted by atomic mass is 10.2. The number of rotatable bonds is 3. The lowest BCUT2D eigenvalue weighted by Gasteiger charge is -2.27. The minimum atomic E-state index is -3.74. The van der Waals surface area contributed by atoms with E-state index in [0.717, 1.165) is 0 Å². The second-order valence-corrected chi connectivity index (χ2v) is 8.75. The van der Waals surface area contributed by atoms with Gasteiger partial charge in [0.1, 0.15) is 11.5 Å². The number of benzene rings is 1. The molecule has 2 aliphatic heterocycles. The van der Waals surface area contributed by atoms with Crippen molar-refractivity contribution in [2.24, 2.45) is 10.1 Å². The highest BCUT2D eigenvalue weighted by molar-refractivity contribution is 8.18. The number of thioether (sulfide) groups is 1. The number of hydrogen-bond donors (Lipinski definition) is 1. The molecule has 2 aliphatic rings. The van der Waals surface area contributed by atoms with E-state index in [-0.39, 0.29) is 10.8 Å². The van der Waals surface area contributed by atoms with Crippen LogP contribution in [0.2, 0.25) is 0 Å². The SMILES string of the molecule is NS(=O)(=O)c1ccc(-c2ccc(/C=C3/SC(N4CCOCC4)=NC3=O)o2)cc1. The molecule has 1 aromatic heterocycles. The van der Waals surface area contributed by atoms with Gasteiger partial charge in [-0.05, 0) is 48.2 Å².